The van der Waals surface area contributed by atoms with E-state index in [0.29, 0.717) is 17.0 Å². The summed E-state index contributed by atoms with van der Waals surface area (Å²) >= 11 is 0. The van der Waals surface area contributed by atoms with Gasteiger partial charge < -0.3 is 19.5 Å². The van der Waals surface area contributed by atoms with Gasteiger partial charge in [-0.2, -0.15) is 13.2 Å². The van der Waals surface area contributed by atoms with Gasteiger partial charge in [0.2, 0.25) is 0 Å². The summed E-state index contributed by atoms with van der Waals surface area (Å²) in [6.45, 7) is 4.73. The number of esters is 2. The van der Waals surface area contributed by atoms with Crippen molar-refractivity contribution in [2.45, 2.75) is 45.2 Å². The number of carbonyl (C=O) groups is 3. The van der Waals surface area contributed by atoms with E-state index in [1.807, 2.05) is 0 Å². The molecule has 10 heteroatoms. The molecule has 0 spiro atoms. The van der Waals surface area contributed by atoms with Crippen LogP contribution in [0.25, 0.3) is 0 Å². The number of rotatable bonds is 7. The number of halogens is 3. The topological polar surface area (TPSA) is 90.9 Å². The number of allylic oxidation sites excluding steroid dienone is 3. The Morgan fingerprint density at radius 3 is 2.25 bits per heavy atom. The Balaban J connectivity index is 1.95. The summed E-state index contributed by atoms with van der Waals surface area (Å²) in [6.07, 6.45) is -4.64. The Morgan fingerprint density at radius 2 is 1.65 bits per heavy atom. The lowest BCUT2D eigenvalue weighted by Crippen LogP contribution is -2.43. The van der Waals surface area contributed by atoms with Gasteiger partial charge in [-0.05, 0) is 56.5 Å². The molecule has 2 aromatic rings. The maximum atomic E-state index is 14.3. The highest BCUT2D eigenvalue weighted by atomic mass is 19.4. The quantitative estimate of drug-likeness (QED) is 0.359. The molecule has 1 aliphatic heterocycles. The molecule has 7 nitrogen and oxygen atoms in total. The Hall–Kier alpha value is -4.08. The van der Waals surface area contributed by atoms with E-state index in [4.69, 9.17) is 14.2 Å². The molecule has 0 amide bonds. The smallest absolute Gasteiger partial charge is 0.416 e. The molecular formula is C30H30F3NO6. The molecule has 0 saturated heterocycles. The van der Waals surface area contributed by atoms with Gasteiger partial charge in [-0.3, -0.25) is 9.59 Å². The highest BCUT2D eigenvalue weighted by Crippen LogP contribution is 2.50. The molecule has 2 aliphatic rings. The van der Waals surface area contributed by atoms with Gasteiger partial charge >= 0.3 is 18.1 Å². The first-order valence-electron chi connectivity index (χ1n) is 12.9. The van der Waals surface area contributed by atoms with Gasteiger partial charge in [-0.15, -0.1) is 0 Å². The second-order valence-electron chi connectivity index (χ2n) is 9.47. The van der Waals surface area contributed by atoms with Crippen LogP contribution in [0.5, 0.6) is 5.75 Å². The minimum atomic E-state index is -4.76. The van der Waals surface area contributed by atoms with E-state index < -0.39 is 47.2 Å². The predicted octanol–water partition coefficient (Wildman–Crippen LogP) is 5.43. The van der Waals surface area contributed by atoms with Crippen molar-refractivity contribution in [2.24, 2.45) is 5.92 Å². The highest BCUT2D eigenvalue weighted by molar-refractivity contribution is 6.13. The van der Waals surface area contributed by atoms with E-state index >= 15 is 0 Å². The van der Waals surface area contributed by atoms with Crippen LogP contribution in [0.4, 0.5) is 13.2 Å². The van der Waals surface area contributed by atoms with Crippen molar-refractivity contribution < 1.29 is 41.8 Å². The number of Topliss-reactive ketones (excluding diaryl/α,β-unsaturated/α-hetero) is 1. The standard InChI is InChI=1S/C30H30F3NO6/c1-5-39-28(36)23-16(3)34-22-15-20(17-11-13-18(38-4)14-12-17)25(29(37)40-6-2)27(35)26(22)24(23)19-9-7-8-10-21(19)30(31,32)33/h7-14,20,24-25,34H,5-6,15H2,1-4H3/t20-,24-,25+/m0/s1. The van der Waals surface area contributed by atoms with Crippen LogP contribution in [0.3, 0.4) is 0 Å². The summed E-state index contributed by atoms with van der Waals surface area (Å²) in [4.78, 5) is 40.7. The van der Waals surface area contributed by atoms with Crippen LogP contribution in [0.2, 0.25) is 0 Å². The Bertz CT molecular complexity index is 1380. The van der Waals surface area contributed by atoms with Crippen molar-refractivity contribution in [3.05, 3.63) is 87.8 Å². The van der Waals surface area contributed by atoms with Crippen molar-refractivity contribution >= 4 is 17.7 Å². The third-order valence-corrected chi connectivity index (χ3v) is 7.18. The average molecular weight is 558 g/mol. The SMILES string of the molecule is CCOC(=O)C1=C(C)NC2=C(C(=O)[C@H](C(=O)OCC)[C@H](c3ccc(OC)cc3)C2)[C@H]1c1ccccc1C(F)(F)F. The number of nitrogens with one attached hydrogen (secondary N) is 1. The number of alkyl halides is 3. The lowest BCUT2D eigenvalue weighted by molar-refractivity contribution is -0.152. The van der Waals surface area contributed by atoms with Crippen LogP contribution in [-0.4, -0.2) is 38.0 Å². The first kappa shape index (κ1) is 28.9. The summed E-state index contributed by atoms with van der Waals surface area (Å²) < 4.78 is 58.4. The van der Waals surface area contributed by atoms with E-state index in [0.717, 1.165) is 6.07 Å². The molecule has 1 N–H and O–H groups in total. The predicted molar refractivity (Wildman–Crippen MR) is 139 cm³/mol. The fourth-order valence-electron chi connectivity index (χ4n) is 5.50. The molecule has 0 aromatic heterocycles. The Kier molecular flexibility index (Phi) is 8.37. The number of ketones is 1. The number of carbonyl (C=O) groups excluding carboxylic acids is 3. The number of dihydropyridines is 1. The van der Waals surface area contributed by atoms with Crippen LogP contribution in [0.15, 0.2) is 71.1 Å². The molecular weight excluding hydrogens is 527 g/mol. The Labute approximate surface area is 230 Å². The van der Waals surface area contributed by atoms with Crippen LogP contribution in [-0.2, 0) is 30.0 Å². The summed E-state index contributed by atoms with van der Waals surface area (Å²) in [5.74, 6) is -5.17. The summed E-state index contributed by atoms with van der Waals surface area (Å²) in [5.41, 5.74) is -0.171. The van der Waals surface area contributed by atoms with Crippen molar-refractivity contribution in [2.75, 3.05) is 20.3 Å². The number of hydrogen-bond acceptors (Lipinski definition) is 7. The maximum Gasteiger partial charge on any atom is 0.416 e. The fourth-order valence-corrected chi connectivity index (χ4v) is 5.50. The largest absolute Gasteiger partial charge is 0.497 e. The number of hydrogen-bond donors (Lipinski definition) is 1. The molecule has 212 valence electrons. The first-order chi connectivity index (χ1) is 19.0. The zero-order valence-electron chi connectivity index (χ0n) is 22.6. The van der Waals surface area contributed by atoms with Gasteiger partial charge in [0.25, 0.3) is 0 Å². The highest BCUT2D eigenvalue weighted by Gasteiger charge is 2.50. The molecule has 0 radical (unpaired) electrons. The minimum absolute atomic E-state index is 0.00945. The van der Waals surface area contributed by atoms with Crippen LogP contribution >= 0.6 is 0 Å². The summed E-state index contributed by atoms with van der Waals surface area (Å²) in [7, 11) is 1.51. The third-order valence-electron chi connectivity index (χ3n) is 7.18. The molecule has 1 aliphatic carbocycles. The Morgan fingerprint density at radius 1 is 1.00 bits per heavy atom. The molecule has 3 atom stereocenters. The number of benzene rings is 2. The lowest BCUT2D eigenvalue weighted by Gasteiger charge is -2.40. The van der Waals surface area contributed by atoms with Gasteiger partial charge in [0, 0.05) is 28.8 Å². The monoisotopic (exact) mass is 557 g/mol. The van der Waals surface area contributed by atoms with Crippen LogP contribution in [0, 0.1) is 5.92 Å². The maximum absolute atomic E-state index is 14.3. The van der Waals surface area contributed by atoms with Gasteiger partial charge in [0.05, 0.1) is 31.5 Å². The zero-order valence-corrected chi connectivity index (χ0v) is 22.6. The van der Waals surface area contributed by atoms with E-state index in [1.54, 1.807) is 45.0 Å². The second-order valence-corrected chi connectivity index (χ2v) is 9.47. The molecule has 40 heavy (non-hydrogen) atoms. The van der Waals surface area contributed by atoms with Crippen LogP contribution < -0.4 is 10.1 Å². The van der Waals surface area contributed by atoms with E-state index in [1.165, 1.54) is 25.3 Å². The summed E-state index contributed by atoms with van der Waals surface area (Å²) in [6, 6.07) is 11.7. The summed E-state index contributed by atoms with van der Waals surface area (Å²) in [5, 5.41) is 3.09. The number of methoxy groups -OCH3 is 1. The normalized spacial score (nSPS) is 21.0. The molecule has 0 saturated carbocycles. The minimum Gasteiger partial charge on any atom is -0.497 e. The number of ether oxygens (including phenoxy) is 3. The molecule has 0 fully saturated rings. The lowest BCUT2D eigenvalue weighted by atomic mass is 9.66. The van der Waals surface area contributed by atoms with E-state index in [-0.39, 0.29) is 42.0 Å². The second kappa shape index (κ2) is 11.6. The molecule has 4 rings (SSSR count). The average Bonchev–Trinajstić information content (AvgIpc) is 2.92. The van der Waals surface area contributed by atoms with Crippen molar-refractivity contribution in [1.29, 1.82) is 0 Å². The third kappa shape index (κ3) is 5.35. The van der Waals surface area contributed by atoms with Crippen LogP contribution in [0.1, 0.15) is 55.7 Å². The van der Waals surface area contributed by atoms with Crippen molar-refractivity contribution in [1.82, 2.24) is 5.32 Å². The molecule has 2 aromatic carbocycles. The van der Waals surface area contributed by atoms with Gasteiger partial charge in [-0.25, -0.2) is 4.79 Å². The van der Waals surface area contributed by atoms with E-state index in [2.05, 4.69) is 5.32 Å². The first-order valence-corrected chi connectivity index (χ1v) is 12.9. The van der Waals surface area contributed by atoms with Gasteiger partial charge in [0.15, 0.2) is 5.78 Å². The van der Waals surface area contributed by atoms with E-state index in [9.17, 15) is 27.6 Å². The molecule has 0 unspecified atom stereocenters. The van der Waals surface area contributed by atoms with Crippen molar-refractivity contribution in [3.63, 3.8) is 0 Å². The van der Waals surface area contributed by atoms with Gasteiger partial charge in [-0.1, -0.05) is 30.3 Å². The van der Waals surface area contributed by atoms with Crippen molar-refractivity contribution in [3.8, 4) is 5.75 Å². The molecule has 0 bridgehead atoms. The molecule has 1 heterocycles. The fraction of sp³-hybridized carbons (Fsp3) is 0.367. The zero-order chi connectivity index (χ0) is 29.2. The van der Waals surface area contributed by atoms with Gasteiger partial charge in [0.1, 0.15) is 11.7 Å².